The SMILES string of the molecule is C[C@H](NC(=O)COc1ccc(Br)cc1Cl)C(=O)O. The molecular weight excluding hydrogens is 325 g/mol. The minimum Gasteiger partial charge on any atom is -0.482 e. The van der Waals surface area contributed by atoms with Crippen LogP contribution in [0.4, 0.5) is 0 Å². The van der Waals surface area contributed by atoms with E-state index in [1.165, 1.54) is 6.92 Å². The van der Waals surface area contributed by atoms with Crippen molar-refractivity contribution in [2.24, 2.45) is 0 Å². The lowest BCUT2D eigenvalue weighted by atomic mass is 10.3. The van der Waals surface area contributed by atoms with Crippen molar-refractivity contribution in [2.75, 3.05) is 6.61 Å². The summed E-state index contributed by atoms with van der Waals surface area (Å²) in [5.41, 5.74) is 0. The van der Waals surface area contributed by atoms with Gasteiger partial charge in [-0.3, -0.25) is 9.59 Å². The van der Waals surface area contributed by atoms with E-state index in [0.29, 0.717) is 10.8 Å². The summed E-state index contributed by atoms with van der Waals surface area (Å²) in [5, 5.41) is 11.2. The highest BCUT2D eigenvalue weighted by molar-refractivity contribution is 9.10. The first-order chi connectivity index (χ1) is 8.40. The number of rotatable bonds is 5. The Morgan fingerprint density at radius 1 is 1.56 bits per heavy atom. The summed E-state index contributed by atoms with van der Waals surface area (Å²) in [7, 11) is 0. The lowest BCUT2D eigenvalue weighted by molar-refractivity contribution is -0.141. The van der Waals surface area contributed by atoms with Crippen LogP contribution in [0.5, 0.6) is 5.75 Å². The van der Waals surface area contributed by atoms with Crippen LogP contribution in [0, 0.1) is 0 Å². The summed E-state index contributed by atoms with van der Waals surface area (Å²) in [4.78, 5) is 21.9. The number of carboxylic acids is 1. The van der Waals surface area contributed by atoms with E-state index >= 15 is 0 Å². The lowest BCUT2D eigenvalue weighted by Gasteiger charge is -2.11. The second-order valence-corrected chi connectivity index (χ2v) is 4.81. The zero-order valence-electron chi connectivity index (χ0n) is 9.44. The number of carboxylic acid groups (broad SMARTS) is 1. The summed E-state index contributed by atoms with van der Waals surface area (Å²) in [6.07, 6.45) is 0. The predicted molar refractivity (Wildman–Crippen MR) is 69.9 cm³/mol. The third-order valence-electron chi connectivity index (χ3n) is 2.00. The van der Waals surface area contributed by atoms with Gasteiger partial charge < -0.3 is 15.2 Å². The van der Waals surface area contributed by atoms with Crippen LogP contribution in [0.25, 0.3) is 0 Å². The van der Waals surface area contributed by atoms with Gasteiger partial charge in [0.25, 0.3) is 5.91 Å². The fraction of sp³-hybridized carbons (Fsp3) is 0.273. The fourth-order valence-corrected chi connectivity index (χ4v) is 1.81. The number of hydrogen-bond acceptors (Lipinski definition) is 3. The normalized spacial score (nSPS) is 11.7. The molecule has 0 radical (unpaired) electrons. The van der Waals surface area contributed by atoms with Gasteiger partial charge in [0.05, 0.1) is 5.02 Å². The molecule has 7 heteroatoms. The zero-order valence-corrected chi connectivity index (χ0v) is 11.8. The molecule has 0 aliphatic rings. The van der Waals surface area contributed by atoms with Crippen molar-refractivity contribution in [1.29, 1.82) is 0 Å². The largest absolute Gasteiger partial charge is 0.482 e. The number of benzene rings is 1. The number of amides is 1. The average molecular weight is 337 g/mol. The van der Waals surface area contributed by atoms with Gasteiger partial charge in [0.15, 0.2) is 6.61 Å². The first-order valence-corrected chi connectivity index (χ1v) is 6.17. The minimum atomic E-state index is -1.11. The van der Waals surface area contributed by atoms with E-state index in [0.717, 1.165) is 4.47 Å². The van der Waals surface area contributed by atoms with E-state index in [1.54, 1.807) is 18.2 Å². The van der Waals surface area contributed by atoms with E-state index in [1.807, 2.05) is 0 Å². The van der Waals surface area contributed by atoms with Crippen LogP contribution in [0.2, 0.25) is 5.02 Å². The third-order valence-corrected chi connectivity index (χ3v) is 2.79. The Hall–Kier alpha value is -1.27. The fourth-order valence-electron chi connectivity index (χ4n) is 1.08. The molecule has 0 spiro atoms. The van der Waals surface area contributed by atoms with E-state index in [-0.39, 0.29) is 6.61 Å². The van der Waals surface area contributed by atoms with Crippen LogP contribution in [-0.4, -0.2) is 29.6 Å². The molecule has 1 amide bonds. The van der Waals surface area contributed by atoms with Gasteiger partial charge in [-0.15, -0.1) is 0 Å². The first-order valence-electron chi connectivity index (χ1n) is 5.00. The van der Waals surface area contributed by atoms with Crippen molar-refractivity contribution in [3.8, 4) is 5.75 Å². The molecule has 0 aliphatic carbocycles. The Kier molecular flexibility index (Phi) is 5.43. The molecule has 2 N–H and O–H groups in total. The predicted octanol–water partition coefficient (Wildman–Crippen LogP) is 2.07. The summed E-state index contributed by atoms with van der Waals surface area (Å²) in [5.74, 6) is -1.27. The van der Waals surface area contributed by atoms with Gasteiger partial charge >= 0.3 is 5.97 Å². The van der Waals surface area contributed by atoms with Crippen molar-refractivity contribution < 1.29 is 19.4 Å². The standard InChI is InChI=1S/C11H11BrClNO4/c1-6(11(16)17)14-10(15)5-18-9-3-2-7(12)4-8(9)13/h2-4,6H,5H2,1H3,(H,14,15)(H,16,17)/t6-/m0/s1. The molecule has 1 rings (SSSR count). The Labute approximate surface area is 117 Å². The highest BCUT2D eigenvalue weighted by atomic mass is 79.9. The molecule has 1 aromatic carbocycles. The Morgan fingerprint density at radius 2 is 2.22 bits per heavy atom. The number of nitrogens with one attached hydrogen (secondary N) is 1. The summed E-state index contributed by atoms with van der Waals surface area (Å²) in [6, 6.07) is 4.01. The zero-order chi connectivity index (χ0) is 13.7. The molecule has 0 heterocycles. The summed E-state index contributed by atoms with van der Waals surface area (Å²) < 4.78 is 5.97. The molecule has 0 aromatic heterocycles. The van der Waals surface area contributed by atoms with Crippen molar-refractivity contribution in [2.45, 2.75) is 13.0 Å². The number of halogens is 2. The molecule has 0 bridgehead atoms. The van der Waals surface area contributed by atoms with Crippen LogP contribution in [-0.2, 0) is 9.59 Å². The maximum atomic E-state index is 11.4. The van der Waals surface area contributed by atoms with Gasteiger partial charge in [0.2, 0.25) is 0 Å². The maximum absolute atomic E-state index is 11.4. The molecule has 0 unspecified atom stereocenters. The Morgan fingerprint density at radius 3 is 2.78 bits per heavy atom. The van der Waals surface area contributed by atoms with Gasteiger partial charge in [-0.05, 0) is 25.1 Å². The number of carbonyl (C=O) groups is 2. The van der Waals surface area contributed by atoms with Crippen LogP contribution < -0.4 is 10.1 Å². The summed E-state index contributed by atoms with van der Waals surface area (Å²) in [6.45, 7) is 1.08. The van der Waals surface area contributed by atoms with Crippen molar-refractivity contribution in [3.63, 3.8) is 0 Å². The van der Waals surface area contributed by atoms with Crippen LogP contribution in [0.1, 0.15) is 6.92 Å². The summed E-state index contributed by atoms with van der Waals surface area (Å²) >= 11 is 9.13. The first kappa shape index (κ1) is 14.8. The van der Waals surface area contributed by atoms with Crippen molar-refractivity contribution in [3.05, 3.63) is 27.7 Å². The Balaban J connectivity index is 2.50. The second-order valence-electron chi connectivity index (χ2n) is 3.49. The molecule has 0 aliphatic heterocycles. The third kappa shape index (κ3) is 4.54. The van der Waals surface area contributed by atoms with Crippen LogP contribution in [0.3, 0.4) is 0 Å². The van der Waals surface area contributed by atoms with Gasteiger partial charge in [-0.2, -0.15) is 0 Å². The van der Waals surface area contributed by atoms with Crippen molar-refractivity contribution >= 4 is 39.4 Å². The topological polar surface area (TPSA) is 75.6 Å². The highest BCUT2D eigenvalue weighted by Gasteiger charge is 2.14. The van der Waals surface area contributed by atoms with Gasteiger partial charge in [-0.1, -0.05) is 27.5 Å². The van der Waals surface area contributed by atoms with E-state index in [9.17, 15) is 9.59 Å². The molecule has 0 saturated heterocycles. The lowest BCUT2D eigenvalue weighted by Crippen LogP contribution is -2.40. The molecular formula is C11H11BrClNO4. The van der Waals surface area contributed by atoms with Gasteiger partial charge in [0.1, 0.15) is 11.8 Å². The van der Waals surface area contributed by atoms with Gasteiger partial charge in [-0.25, -0.2) is 0 Å². The minimum absolute atomic E-state index is 0.293. The smallest absolute Gasteiger partial charge is 0.325 e. The number of carbonyl (C=O) groups excluding carboxylic acids is 1. The highest BCUT2D eigenvalue weighted by Crippen LogP contribution is 2.27. The van der Waals surface area contributed by atoms with E-state index in [2.05, 4.69) is 21.2 Å². The number of ether oxygens (including phenoxy) is 1. The average Bonchev–Trinajstić information content (AvgIpc) is 2.27. The van der Waals surface area contributed by atoms with Crippen LogP contribution in [0.15, 0.2) is 22.7 Å². The van der Waals surface area contributed by atoms with Gasteiger partial charge in [0, 0.05) is 4.47 Å². The molecule has 5 nitrogen and oxygen atoms in total. The molecule has 0 saturated carbocycles. The second kappa shape index (κ2) is 6.61. The molecule has 1 aromatic rings. The van der Waals surface area contributed by atoms with E-state index < -0.39 is 17.9 Å². The number of hydrogen-bond donors (Lipinski definition) is 2. The molecule has 0 fully saturated rings. The van der Waals surface area contributed by atoms with E-state index in [4.69, 9.17) is 21.4 Å². The quantitative estimate of drug-likeness (QED) is 0.863. The maximum Gasteiger partial charge on any atom is 0.325 e. The molecule has 18 heavy (non-hydrogen) atoms. The number of aliphatic carboxylic acids is 1. The van der Waals surface area contributed by atoms with Crippen molar-refractivity contribution in [1.82, 2.24) is 5.32 Å². The molecule has 1 atom stereocenters. The van der Waals surface area contributed by atoms with Crippen LogP contribution >= 0.6 is 27.5 Å². The monoisotopic (exact) mass is 335 g/mol. The Bertz CT molecular complexity index is 466. The molecule has 98 valence electrons.